The van der Waals surface area contributed by atoms with Crippen LogP contribution in [0.4, 0.5) is 24.8 Å². The van der Waals surface area contributed by atoms with Crippen LogP contribution in [0.25, 0.3) is 11.3 Å². The lowest BCUT2D eigenvalue weighted by molar-refractivity contribution is -0.137. The molecule has 34 heavy (non-hydrogen) atoms. The lowest BCUT2D eigenvalue weighted by Crippen LogP contribution is -2.23. The Kier molecular flexibility index (Phi) is 6.53. The van der Waals surface area contributed by atoms with Gasteiger partial charge in [0.05, 0.1) is 11.3 Å². The zero-order valence-corrected chi connectivity index (χ0v) is 18.1. The zero-order valence-electron chi connectivity index (χ0n) is 18.1. The van der Waals surface area contributed by atoms with Gasteiger partial charge in [-0.3, -0.25) is 9.78 Å². The molecule has 0 bridgehead atoms. The van der Waals surface area contributed by atoms with Crippen LogP contribution >= 0.6 is 0 Å². The van der Waals surface area contributed by atoms with Gasteiger partial charge >= 0.3 is 6.18 Å². The van der Waals surface area contributed by atoms with Gasteiger partial charge in [-0.1, -0.05) is 18.2 Å². The van der Waals surface area contributed by atoms with E-state index in [0.717, 1.165) is 23.3 Å². The summed E-state index contributed by atoms with van der Waals surface area (Å²) >= 11 is 0. The summed E-state index contributed by atoms with van der Waals surface area (Å²) in [6.07, 6.45) is 0.627. The van der Waals surface area contributed by atoms with Gasteiger partial charge in [-0.2, -0.15) is 13.2 Å². The average Bonchev–Trinajstić information content (AvgIpc) is 2.84. The number of benzene rings is 2. The van der Waals surface area contributed by atoms with Crippen LogP contribution in [0.15, 0.2) is 79.3 Å². The molecule has 2 heterocycles. The molecular weight excluding hydrogens is 443 g/mol. The Labute approximate surface area is 193 Å². The third-order valence-electron chi connectivity index (χ3n) is 5.09. The van der Waals surface area contributed by atoms with E-state index in [-0.39, 0.29) is 12.5 Å². The third-order valence-corrected chi connectivity index (χ3v) is 5.09. The predicted molar refractivity (Wildman–Crippen MR) is 122 cm³/mol. The molecule has 2 aromatic carbocycles. The van der Waals surface area contributed by atoms with E-state index in [1.165, 1.54) is 12.1 Å². The summed E-state index contributed by atoms with van der Waals surface area (Å²) in [6, 6.07) is 15.3. The Morgan fingerprint density at radius 1 is 1.00 bits per heavy atom. The van der Waals surface area contributed by atoms with Crippen LogP contribution < -0.4 is 10.6 Å². The highest BCUT2D eigenvalue weighted by Gasteiger charge is 2.29. The SMILES string of the molecule is Cc1ccc(C(=O)NCc2ccc(C(F)(F)F)cc2)cc1Nc1nccc(-c2cccnc2)n1. The monoisotopic (exact) mass is 463 g/mol. The van der Waals surface area contributed by atoms with Crippen LogP contribution in [0, 0.1) is 6.92 Å². The van der Waals surface area contributed by atoms with Crippen molar-refractivity contribution in [3.63, 3.8) is 0 Å². The molecule has 0 saturated heterocycles. The van der Waals surface area contributed by atoms with Crippen LogP contribution in [0.2, 0.25) is 0 Å². The van der Waals surface area contributed by atoms with E-state index < -0.39 is 11.7 Å². The number of aryl methyl sites for hydroxylation is 1. The maximum absolute atomic E-state index is 12.7. The summed E-state index contributed by atoms with van der Waals surface area (Å²) in [4.78, 5) is 25.5. The quantitative estimate of drug-likeness (QED) is 0.393. The van der Waals surface area contributed by atoms with Gasteiger partial charge in [-0.15, -0.1) is 0 Å². The number of carbonyl (C=O) groups excluding carboxylic acids is 1. The number of anilines is 2. The summed E-state index contributed by atoms with van der Waals surface area (Å²) in [5.41, 5.74) is 3.32. The fraction of sp³-hybridized carbons (Fsp3) is 0.120. The largest absolute Gasteiger partial charge is 0.416 e. The van der Waals surface area contributed by atoms with Crippen molar-refractivity contribution in [3.05, 3.63) is 102 Å². The van der Waals surface area contributed by atoms with Gasteiger partial charge in [0.25, 0.3) is 5.91 Å². The number of pyridine rings is 1. The fourth-order valence-corrected chi connectivity index (χ4v) is 3.21. The summed E-state index contributed by atoms with van der Waals surface area (Å²) < 4.78 is 38.1. The first-order valence-electron chi connectivity index (χ1n) is 10.3. The van der Waals surface area contributed by atoms with Crippen molar-refractivity contribution in [2.24, 2.45) is 0 Å². The number of rotatable bonds is 6. The Morgan fingerprint density at radius 2 is 1.79 bits per heavy atom. The third kappa shape index (κ3) is 5.55. The second kappa shape index (κ2) is 9.70. The lowest BCUT2D eigenvalue weighted by atomic mass is 10.1. The summed E-state index contributed by atoms with van der Waals surface area (Å²) in [7, 11) is 0. The van der Waals surface area contributed by atoms with Crippen molar-refractivity contribution in [3.8, 4) is 11.3 Å². The maximum atomic E-state index is 12.7. The molecule has 4 aromatic rings. The number of alkyl halides is 3. The highest BCUT2D eigenvalue weighted by Crippen LogP contribution is 2.29. The molecule has 2 N–H and O–H groups in total. The molecule has 9 heteroatoms. The Hall–Kier alpha value is -4.27. The zero-order chi connectivity index (χ0) is 24.1. The molecule has 0 aliphatic carbocycles. The van der Waals surface area contributed by atoms with E-state index in [4.69, 9.17) is 0 Å². The smallest absolute Gasteiger partial charge is 0.348 e. The first-order valence-corrected chi connectivity index (χ1v) is 10.3. The standard InChI is InChI=1S/C25H20F3N5O/c1-16-4-7-18(23(34)31-14-17-5-8-20(9-6-17)25(26,27)28)13-22(16)33-24-30-12-10-21(32-24)19-3-2-11-29-15-19/h2-13,15H,14H2,1H3,(H,31,34)(H,30,32,33). The molecule has 172 valence electrons. The van der Waals surface area contributed by atoms with Crippen LogP contribution in [-0.4, -0.2) is 20.9 Å². The highest BCUT2D eigenvalue weighted by molar-refractivity contribution is 5.95. The minimum atomic E-state index is -4.39. The van der Waals surface area contributed by atoms with Crippen molar-refractivity contribution >= 4 is 17.5 Å². The van der Waals surface area contributed by atoms with Gasteiger partial charge in [0.2, 0.25) is 5.95 Å². The van der Waals surface area contributed by atoms with Gasteiger partial charge in [0.15, 0.2) is 0 Å². The van der Waals surface area contributed by atoms with Crippen molar-refractivity contribution in [1.82, 2.24) is 20.3 Å². The molecule has 0 radical (unpaired) electrons. The second-order valence-electron chi connectivity index (χ2n) is 7.54. The fourth-order valence-electron chi connectivity index (χ4n) is 3.21. The van der Waals surface area contributed by atoms with Crippen molar-refractivity contribution < 1.29 is 18.0 Å². The molecule has 6 nitrogen and oxygen atoms in total. The Morgan fingerprint density at radius 3 is 2.50 bits per heavy atom. The van der Waals surface area contributed by atoms with Crippen molar-refractivity contribution in [2.45, 2.75) is 19.6 Å². The Bertz CT molecular complexity index is 1290. The number of halogens is 3. The van der Waals surface area contributed by atoms with Crippen molar-refractivity contribution in [2.75, 3.05) is 5.32 Å². The molecule has 0 atom stereocenters. The van der Waals surface area contributed by atoms with E-state index in [0.29, 0.717) is 28.5 Å². The number of hydrogen-bond acceptors (Lipinski definition) is 5. The van der Waals surface area contributed by atoms with Gasteiger partial charge < -0.3 is 10.6 Å². The van der Waals surface area contributed by atoms with Gasteiger partial charge in [-0.05, 0) is 60.5 Å². The predicted octanol–water partition coefficient (Wildman–Crippen LogP) is 5.54. The summed E-state index contributed by atoms with van der Waals surface area (Å²) in [5.74, 6) is 0.0137. The Balaban J connectivity index is 1.45. The van der Waals surface area contributed by atoms with E-state index >= 15 is 0 Å². The van der Waals surface area contributed by atoms with Crippen LogP contribution in [0.1, 0.15) is 27.0 Å². The number of amides is 1. The summed E-state index contributed by atoms with van der Waals surface area (Å²) in [6.45, 7) is 1.99. The first-order chi connectivity index (χ1) is 16.3. The number of hydrogen-bond donors (Lipinski definition) is 2. The normalized spacial score (nSPS) is 11.2. The van der Waals surface area contributed by atoms with E-state index in [1.807, 2.05) is 19.1 Å². The number of aromatic nitrogens is 3. The van der Waals surface area contributed by atoms with Gasteiger partial charge in [0.1, 0.15) is 0 Å². The van der Waals surface area contributed by atoms with Gasteiger partial charge in [0, 0.05) is 41.9 Å². The van der Waals surface area contributed by atoms with Crippen LogP contribution in [-0.2, 0) is 12.7 Å². The molecule has 2 aromatic heterocycles. The van der Waals surface area contributed by atoms with E-state index in [2.05, 4.69) is 25.6 Å². The highest BCUT2D eigenvalue weighted by atomic mass is 19.4. The number of nitrogens with zero attached hydrogens (tertiary/aromatic N) is 3. The van der Waals surface area contributed by atoms with Crippen LogP contribution in [0.5, 0.6) is 0 Å². The molecule has 0 aliphatic rings. The van der Waals surface area contributed by atoms with E-state index in [1.54, 1.807) is 42.9 Å². The second-order valence-corrected chi connectivity index (χ2v) is 7.54. The number of nitrogens with one attached hydrogen (secondary N) is 2. The average molecular weight is 463 g/mol. The first kappa shape index (κ1) is 22.9. The van der Waals surface area contributed by atoms with Crippen molar-refractivity contribution in [1.29, 1.82) is 0 Å². The van der Waals surface area contributed by atoms with E-state index in [9.17, 15) is 18.0 Å². The molecule has 0 aliphatic heterocycles. The lowest BCUT2D eigenvalue weighted by Gasteiger charge is -2.12. The van der Waals surface area contributed by atoms with Crippen LogP contribution in [0.3, 0.4) is 0 Å². The van der Waals surface area contributed by atoms with Gasteiger partial charge in [-0.25, -0.2) is 9.97 Å². The molecule has 0 spiro atoms. The molecule has 1 amide bonds. The maximum Gasteiger partial charge on any atom is 0.416 e. The summed E-state index contributed by atoms with van der Waals surface area (Å²) in [5, 5.41) is 5.87. The minimum absolute atomic E-state index is 0.101. The minimum Gasteiger partial charge on any atom is -0.348 e. The molecule has 0 fully saturated rings. The molecular formula is C25H20F3N5O. The molecule has 4 rings (SSSR count). The number of carbonyl (C=O) groups is 1. The topological polar surface area (TPSA) is 79.8 Å². The molecule has 0 saturated carbocycles. The molecule has 0 unspecified atom stereocenters.